The summed E-state index contributed by atoms with van der Waals surface area (Å²) in [5, 5.41) is 15.5. The molecule has 30 heavy (non-hydrogen) atoms. The molecule has 0 spiro atoms. The zero-order chi connectivity index (χ0) is 21.1. The number of benzene rings is 1. The van der Waals surface area contributed by atoms with Gasteiger partial charge in [-0.15, -0.1) is 0 Å². The third-order valence-corrected chi connectivity index (χ3v) is 5.11. The summed E-state index contributed by atoms with van der Waals surface area (Å²) in [7, 11) is 0. The van der Waals surface area contributed by atoms with Crippen molar-refractivity contribution in [1.82, 2.24) is 15.0 Å². The van der Waals surface area contributed by atoms with Crippen LogP contribution in [0, 0.1) is 17.0 Å². The molecule has 1 saturated heterocycles. The van der Waals surface area contributed by atoms with E-state index in [9.17, 15) is 10.1 Å². The third-order valence-electron chi connectivity index (χ3n) is 4.87. The number of aryl methyl sites for hydroxylation is 1. The van der Waals surface area contributed by atoms with Crippen LogP contribution in [0.3, 0.4) is 0 Å². The molecule has 4 rings (SSSR count). The van der Waals surface area contributed by atoms with Gasteiger partial charge in [0, 0.05) is 42.6 Å². The SMILES string of the molecule is Cc1cccc(Nc2ncnc(N3CCN(c4cccc(Cl)c4)CC3)c2[N+](=O)[O-])n1. The molecule has 0 aliphatic carbocycles. The molecule has 1 N–H and O–H groups in total. The van der Waals surface area contributed by atoms with Crippen molar-refractivity contribution in [1.29, 1.82) is 0 Å². The minimum atomic E-state index is -0.448. The van der Waals surface area contributed by atoms with Gasteiger partial charge in [0.1, 0.15) is 12.1 Å². The first-order valence-electron chi connectivity index (χ1n) is 9.47. The monoisotopic (exact) mass is 425 g/mol. The second-order valence-corrected chi connectivity index (χ2v) is 7.33. The van der Waals surface area contributed by atoms with Gasteiger partial charge >= 0.3 is 5.69 Å². The largest absolute Gasteiger partial charge is 0.368 e. The number of piperazine rings is 1. The molecular weight excluding hydrogens is 406 g/mol. The van der Waals surface area contributed by atoms with Crippen LogP contribution < -0.4 is 15.1 Å². The number of anilines is 4. The predicted octanol–water partition coefficient (Wildman–Crippen LogP) is 3.81. The summed E-state index contributed by atoms with van der Waals surface area (Å²) >= 11 is 6.10. The summed E-state index contributed by atoms with van der Waals surface area (Å²) in [6.07, 6.45) is 1.34. The Balaban J connectivity index is 1.56. The van der Waals surface area contributed by atoms with E-state index in [0.717, 1.165) is 11.4 Å². The molecule has 2 aromatic heterocycles. The van der Waals surface area contributed by atoms with Crippen LogP contribution in [0.2, 0.25) is 5.02 Å². The number of nitro groups is 1. The molecule has 10 heteroatoms. The minimum absolute atomic E-state index is 0.125. The second kappa shape index (κ2) is 8.50. The molecule has 3 heterocycles. The maximum absolute atomic E-state index is 11.9. The van der Waals surface area contributed by atoms with Crippen LogP contribution in [-0.4, -0.2) is 46.1 Å². The normalized spacial score (nSPS) is 13.9. The number of nitrogens with zero attached hydrogens (tertiary/aromatic N) is 6. The third kappa shape index (κ3) is 4.25. The van der Waals surface area contributed by atoms with Crippen LogP contribution in [0.4, 0.5) is 28.8 Å². The first-order chi connectivity index (χ1) is 14.5. The quantitative estimate of drug-likeness (QED) is 0.486. The summed E-state index contributed by atoms with van der Waals surface area (Å²) in [6.45, 7) is 4.43. The number of pyridine rings is 1. The number of rotatable bonds is 5. The van der Waals surface area contributed by atoms with Crippen molar-refractivity contribution in [3.8, 4) is 0 Å². The van der Waals surface area contributed by atoms with Gasteiger partial charge in [-0.3, -0.25) is 10.1 Å². The van der Waals surface area contributed by atoms with E-state index in [1.54, 1.807) is 6.07 Å². The Kier molecular flexibility index (Phi) is 5.62. The Labute approximate surface area is 178 Å². The lowest BCUT2D eigenvalue weighted by atomic mass is 10.2. The highest BCUT2D eigenvalue weighted by atomic mass is 35.5. The maximum Gasteiger partial charge on any atom is 0.353 e. The van der Waals surface area contributed by atoms with Crippen LogP contribution in [0.15, 0.2) is 48.8 Å². The van der Waals surface area contributed by atoms with Gasteiger partial charge in [0.05, 0.1) is 4.92 Å². The average molecular weight is 426 g/mol. The van der Waals surface area contributed by atoms with Crippen LogP contribution in [0.1, 0.15) is 5.69 Å². The Bertz CT molecular complexity index is 1070. The van der Waals surface area contributed by atoms with Crippen molar-refractivity contribution in [3.63, 3.8) is 0 Å². The highest BCUT2D eigenvalue weighted by Crippen LogP contribution is 2.34. The van der Waals surface area contributed by atoms with Gasteiger partial charge in [-0.25, -0.2) is 15.0 Å². The lowest BCUT2D eigenvalue weighted by Gasteiger charge is -2.36. The number of nitrogens with one attached hydrogen (secondary N) is 1. The fourth-order valence-corrected chi connectivity index (χ4v) is 3.63. The Hall–Kier alpha value is -3.46. The van der Waals surface area contributed by atoms with Crippen molar-refractivity contribution >= 4 is 40.4 Å². The summed E-state index contributed by atoms with van der Waals surface area (Å²) in [5.74, 6) is 0.921. The molecule has 154 valence electrons. The molecule has 1 aliphatic rings. The lowest BCUT2D eigenvalue weighted by molar-refractivity contribution is -0.383. The van der Waals surface area contributed by atoms with Crippen LogP contribution in [0.25, 0.3) is 0 Å². The van der Waals surface area contributed by atoms with Gasteiger partial charge in [-0.2, -0.15) is 0 Å². The average Bonchev–Trinajstić information content (AvgIpc) is 2.73. The summed E-state index contributed by atoms with van der Waals surface area (Å²) in [6, 6.07) is 13.1. The molecule has 1 aromatic carbocycles. The topological polar surface area (TPSA) is 100 Å². The van der Waals surface area contributed by atoms with Crippen molar-refractivity contribution in [2.45, 2.75) is 6.92 Å². The first kappa shape index (κ1) is 19.8. The van der Waals surface area contributed by atoms with E-state index in [1.807, 2.05) is 48.2 Å². The van der Waals surface area contributed by atoms with Crippen LogP contribution >= 0.6 is 11.6 Å². The van der Waals surface area contributed by atoms with Gasteiger partial charge < -0.3 is 15.1 Å². The number of aromatic nitrogens is 3. The van der Waals surface area contributed by atoms with E-state index in [2.05, 4.69) is 25.2 Å². The minimum Gasteiger partial charge on any atom is -0.368 e. The van der Waals surface area contributed by atoms with Crippen LogP contribution in [0.5, 0.6) is 0 Å². The smallest absolute Gasteiger partial charge is 0.353 e. The Morgan fingerprint density at radius 2 is 1.80 bits per heavy atom. The van der Waals surface area contributed by atoms with E-state index in [1.165, 1.54) is 6.33 Å². The van der Waals surface area contributed by atoms with E-state index in [-0.39, 0.29) is 11.5 Å². The van der Waals surface area contributed by atoms with Crippen molar-refractivity contribution in [2.75, 3.05) is 41.3 Å². The standard InChI is InChI=1S/C20H20ClN7O2/c1-14-4-2-7-17(24-14)25-19-18(28(29)30)20(23-13-22-19)27-10-8-26(9-11-27)16-6-3-5-15(21)12-16/h2-7,12-13H,8-11H2,1H3,(H,22,23,24,25). The molecule has 0 bridgehead atoms. The zero-order valence-corrected chi connectivity index (χ0v) is 17.1. The number of halogens is 1. The lowest BCUT2D eigenvalue weighted by Crippen LogP contribution is -2.47. The van der Waals surface area contributed by atoms with E-state index < -0.39 is 4.92 Å². The molecule has 0 radical (unpaired) electrons. The van der Waals surface area contributed by atoms with Gasteiger partial charge in [0.25, 0.3) is 0 Å². The van der Waals surface area contributed by atoms with Crippen LogP contribution in [-0.2, 0) is 0 Å². The Morgan fingerprint density at radius 3 is 2.50 bits per heavy atom. The van der Waals surface area contributed by atoms with Gasteiger partial charge in [0.15, 0.2) is 0 Å². The molecular formula is C20H20ClN7O2. The van der Waals surface area contributed by atoms with Crippen molar-refractivity contribution in [3.05, 3.63) is 69.6 Å². The van der Waals surface area contributed by atoms with Gasteiger partial charge in [-0.1, -0.05) is 23.7 Å². The first-order valence-corrected chi connectivity index (χ1v) is 9.84. The molecule has 0 unspecified atom stereocenters. The maximum atomic E-state index is 11.9. The van der Waals surface area contributed by atoms with Crippen molar-refractivity contribution < 1.29 is 4.92 Å². The number of hydrogen-bond donors (Lipinski definition) is 1. The molecule has 9 nitrogen and oxygen atoms in total. The molecule has 1 aliphatic heterocycles. The fourth-order valence-electron chi connectivity index (χ4n) is 3.44. The Morgan fingerprint density at radius 1 is 1.07 bits per heavy atom. The molecule has 0 saturated carbocycles. The van der Waals surface area contributed by atoms with E-state index in [0.29, 0.717) is 42.8 Å². The van der Waals surface area contributed by atoms with Crippen molar-refractivity contribution in [2.24, 2.45) is 0 Å². The van der Waals surface area contributed by atoms with Gasteiger partial charge in [-0.05, 0) is 37.3 Å². The molecule has 3 aromatic rings. The number of hydrogen-bond acceptors (Lipinski definition) is 8. The summed E-state index contributed by atoms with van der Waals surface area (Å²) in [5.41, 5.74) is 1.68. The second-order valence-electron chi connectivity index (χ2n) is 6.89. The highest BCUT2D eigenvalue weighted by Gasteiger charge is 2.29. The fraction of sp³-hybridized carbons (Fsp3) is 0.250. The molecule has 1 fully saturated rings. The summed E-state index contributed by atoms with van der Waals surface area (Å²) < 4.78 is 0. The molecule has 0 amide bonds. The van der Waals surface area contributed by atoms with Gasteiger partial charge in [0.2, 0.25) is 11.6 Å². The highest BCUT2D eigenvalue weighted by molar-refractivity contribution is 6.30. The summed E-state index contributed by atoms with van der Waals surface area (Å²) in [4.78, 5) is 28.2. The zero-order valence-electron chi connectivity index (χ0n) is 16.3. The molecule has 0 atom stereocenters. The van der Waals surface area contributed by atoms with E-state index in [4.69, 9.17) is 11.6 Å². The van der Waals surface area contributed by atoms with E-state index >= 15 is 0 Å². The predicted molar refractivity (Wildman–Crippen MR) is 117 cm³/mol.